The van der Waals surface area contributed by atoms with Crippen LogP contribution in [0.2, 0.25) is 0 Å². The molecule has 2 aliphatic carbocycles. The zero-order valence-electron chi connectivity index (χ0n) is 35.3. The van der Waals surface area contributed by atoms with E-state index in [2.05, 4.69) is 44.8 Å². The molecule has 2 aliphatic rings. The summed E-state index contributed by atoms with van der Waals surface area (Å²) in [6.45, 7) is 9.25. The number of aliphatic hydroxyl groups excluding tert-OH is 2. The molecule has 6 aromatic rings. The lowest BCUT2D eigenvalue weighted by Gasteiger charge is -2.30. The van der Waals surface area contributed by atoms with Gasteiger partial charge in [-0.15, -0.1) is 0 Å². The monoisotopic (exact) mass is 834 g/mol. The van der Waals surface area contributed by atoms with E-state index in [4.69, 9.17) is 28.5 Å². The Kier molecular flexibility index (Phi) is 12.7. The molecule has 0 aliphatic heterocycles. The Bertz CT molecular complexity index is 2620. The van der Waals surface area contributed by atoms with Crippen molar-refractivity contribution in [3.05, 3.63) is 106 Å². The Morgan fingerprint density at radius 1 is 0.774 bits per heavy atom. The molecule has 8 rings (SSSR count). The number of aromatic nitrogens is 4. The summed E-state index contributed by atoms with van der Waals surface area (Å²) in [5.41, 5.74) is 8.47. The van der Waals surface area contributed by atoms with Gasteiger partial charge in [-0.1, -0.05) is 46.7 Å². The molecule has 0 radical (unpaired) electrons. The van der Waals surface area contributed by atoms with Crippen molar-refractivity contribution in [2.24, 2.45) is 0 Å². The molecule has 4 unspecified atom stereocenters. The van der Waals surface area contributed by atoms with Gasteiger partial charge >= 0.3 is 0 Å². The van der Waals surface area contributed by atoms with E-state index in [-0.39, 0.29) is 30.9 Å². The van der Waals surface area contributed by atoms with Crippen LogP contribution in [0.5, 0.6) is 11.5 Å². The summed E-state index contributed by atoms with van der Waals surface area (Å²) in [5.74, 6) is 2.57. The van der Waals surface area contributed by atoms with Gasteiger partial charge in [0.15, 0.2) is 0 Å². The second-order valence-electron chi connectivity index (χ2n) is 16.3. The summed E-state index contributed by atoms with van der Waals surface area (Å²) in [6, 6.07) is 27.5. The standard InChI is InChI=1S/C48H50N8O6/c1-28(2)59-43-17-11-31(23-33(43)25-49)47-53-46(55-62-47)40-10-6-8-38-36(40)14-16-42(38)56(21-22-57)20-19-30(4)60-44-18-12-32(24-34(44)26-50)48-52-45(54-61-48)39-9-5-7-37-35(39)13-15-41(37)51-27-29(3)58/h5-12,17-18,23-24,28-30,41-42,51,57-58H,13-16,19-22,27H2,1-4H3. The van der Waals surface area contributed by atoms with Crippen LogP contribution in [0.3, 0.4) is 0 Å². The molecule has 0 spiro atoms. The van der Waals surface area contributed by atoms with Crippen LogP contribution in [0.4, 0.5) is 0 Å². The molecular weight excluding hydrogens is 785 g/mol. The van der Waals surface area contributed by atoms with E-state index in [1.54, 1.807) is 31.2 Å². The minimum absolute atomic E-state index is 0.00647. The fraction of sp³-hybridized carbons (Fsp3) is 0.375. The summed E-state index contributed by atoms with van der Waals surface area (Å²) < 4.78 is 23.5. The lowest BCUT2D eigenvalue weighted by molar-refractivity contribution is 0.122. The lowest BCUT2D eigenvalue weighted by atomic mass is 10.0. The van der Waals surface area contributed by atoms with E-state index < -0.39 is 6.10 Å². The van der Waals surface area contributed by atoms with Crippen LogP contribution in [-0.4, -0.2) is 79.9 Å². The molecule has 4 aromatic carbocycles. The van der Waals surface area contributed by atoms with Crippen molar-refractivity contribution in [2.75, 3.05) is 26.2 Å². The number of benzene rings is 4. The summed E-state index contributed by atoms with van der Waals surface area (Å²) in [5, 5.41) is 51.9. The first-order chi connectivity index (χ1) is 30.1. The molecule has 2 heterocycles. The third kappa shape index (κ3) is 8.96. The predicted octanol–water partition coefficient (Wildman–Crippen LogP) is 7.75. The molecule has 0 saturated carbocycles. The Balaban J connectivity index is 0.921. The van der Waals surface area contributed by atoms with Crippen LogP contribution in [0.15, 0.2) is 81.8 Å². The summed E-state index contributed by atoms with van der Waals surface area (Å²) in [6.07, 6.45) is 3.38. The predicted molar refractivity (Wildman–Crippen MR) is 231 cm³/mol. The topological polar surface area (TPSA) is 200 Å². The molecule has 318 valence electrons. The van der Waals surface area contributed by atoms with Crippen LogP contribution in [0.25, 0.3) is 45.7 Å². The highest BCUT2D eigenvalue weighted by Gasteiger charge is 2.31. The smallest absolute Gasteiger partial charge is 0.258 e. The molecule has 4 atom stereocenters. The number of rotatable bonds is 17. The zero-order chi connectivity index (χ0) is 43.3. The summed E-state index contributed by atoms with van der Waals surface area (Å²) in [4.78, 5) is 11.7. The van der Waals surface area contributed by atoms with Crippen LogP contribution >= 0.6 is 0 Å². The summed E-state index contributed by atoms with van der Waals surface area (Å²) in [7, 11) is 0. The second-order valence-corrected chi connectivity index (χ2v) is 16.3. The van der Waals surface area contributed by atoms with E-state index >= 15 is 0 Å². The van der Waals surface area contributed by atoms with E-state index in [1.165, 1.54) is 11.1 Å². The van der Waals surface area contributed by atoms with Crippen molar-refractivity contribution in [3.8, 4) is 69.3 Å². The van der Waals surface area contributed by atoms with Gasteiger partial charge in [0.1, 0.15) is 23.6 Å². The number of nitrogens with one attached hydrogen (secondary N) is 1. The molecule has 3 N–H and O–H groups in total. The minimum Gasteiger partial charge on any atom is -0.490 e. The second kappa shape index (κ2) is 18.7. The maximum atomic E-state index is 10.2. The highest BCUT2D eigenvalue weighted by molar-refractivity contribution is 5.68. The van der Waals surface area contributed by atoms with Crippen LogP contribution in [0, 0.1) is 22.7 Å². The van der Waals surface area contributed by atoms with Crippen molar-refractivity contribution in [2.45, 2.75) is 90.2 Å². The van der Waals surface area contributed by atoms with Gasteiger partial charge in [-0.2, -0.15) is 20.5 Å². The van der Waals surface area contributed by atoms with Crippen LogP contribution in [-0.2, 0) is 12.8 Å². The van der Waals surface area contributed by atoms with Crippen molar-refractivity contribution < 1.29 is 28.7 Å². The van der Waals surface area contributed by atoms with Crippen molar-refractivity contribution in [3.63, 3.8) is 0 Å². The van der Waals surface area contributed by atoms with Gasteiger partial charge in [-0.05, 0) is 118 Å². The minimum atomic E-state index is -0.427. The SMILES string of the molecule is CC(O)CNC1CCc2c(-c3noc(-c4ccc(OC(C)CCN(CCO)C5CCc6c(-c7noc(-c8ccc(OC(C)C)c(C#N)c8)n7)cccc65)c(C#N)c4)n3)cccc21. The van der Waals surface area contributed by atoms with Gasteiger partial charge in [0, 0.05) is 54.0 Å². The first kappa shape index (κ1) is 42.3. The van der Waals surface area contributed by atoms with E-state index in [9.17, 15) is 20.7 Å². The fourth-order valence-electron chi connectivity index (χ4n) is 8.65. The highest BCUT2D eigenvalue weighted by Crippen LogP contribution is 2.41. The largest absolute Gasteiger partial charge is 0.490 e. The molecule has 14 heteroatoms. The normalized spacial score (nSPS) is 16.5. The number of hydrogen-bond acceptors (Lipinski definition) is 14. The van der Waals surface area contributed by atoms with Crippen molar-refractivity contribution in [1.29, 1.82) is 10.5 Å². The average Bonchev–Trinajstić information content (AvgIpc) is 4.11. The lowest BCUT2D eigenvalue weighted by Crippen LogP contribution is -2.33. The number of ether oxygens (including phenoxy) is 2. The molecule has 0 fully saturated rings. The first-order valence-corrected chi connectivity index (χ1v) is 21.2. The number of aliphatic hydroxyl groups is 2. The Morgan fingerprint density at radius 2 is 1.35 bits per heavy atom. The van der Waals surface area contributed by atoms with Gasteiger partial charge in [-0.25, -0.2) is 0 Å². The highest BCUT2D eigenvalue weighted by atomic mass is 16.5. The van der Waals surface area contributed by atoms with E-state index in [0.717, 1.165) is 47.9 Å². The van der Waals surface area contributed by atoms with Gasteiger partial charge < -0.3 is 34.0 Å². The number of nitriles is 2. The van der Waals surface area contributed by atoms with Crippen molar-refractivity contribution >= 4 is 0 Å². The van der Waals surface area contributed by atoms with Crippen LogP contribution < -0.4 is 14.8 Å². The molecule has 0 saturated heterocycles. The molecular formula is C48H50N8O6. The Morgan fingerprint density at radius 3 is 1.94 bits per heavy atom. The Labute approximate surface area is 360 Å². The van der Waals surface area contributed by atoms with Crippen LogP contribution in [0.1, 0.15) is 92.4 Å². The first-order valence-electron chi connectivity index (χ1n) is 21.2. The molecule has 0 bridgehead atoms. The van der Waals surface area contributed by atoms with Gasteiger partial charge in [0.25, 0.3) is 11.8 Å². The number of fused-ring (bicyclic) bond motifs is 2. The molecule has 0 amide bonds. The van der Waals surface area contributed by atoms with Crippen molar-refractivity contribution in [1.82, 2.24) is 30.5 Å². The summed E-state index contributed by atoms with van der Waals surface area (Å²) >= 11 is 0. The maximum absolute atomic E-state index is 10.2. The zero-order valence-corrected chi connectivity index (χ0v) is 35.3. The number of nitrogens with zero attached hydrogens (tertiary/aromatic N) is 7. The van der Waals surface area contributed by atoms with Gasteiger partial charge in [0.2, 0.25) is 11.6 Å². The quantitative estimate of drug-likeness (QED) is 0.0806. The van der Waals surface area contributed by atoms with E-state index in [0.29, 0.717) is 83.2 Å². The maximum Gasteiger partial charge on any atom is 0.258 e. The molecule has 62 heavy (non-hydrogen) atoms. The van der Waals surface area contributed by atoms with E-state index in [1.807, 2.05) is 57.2 Å². The number of hydrogen-bond donors (Lipinski definition) is 3. The fourth-order valence-corrected chi connectivity index (χ4v) is 8.65. The molecule has 14 nitrogen and oxygen atoms in total. The third-order valence-electron chi connectivity index (χ3n) is 11.5. The van der Waals surface area contributed by atoms with Gasteiger partial charge in [-0.3, -0.25) is 4.90 Å². The third-order valence-corrected chi connectivity index (χ3v) is 11.5. The van der Waals surface area contributed by atoms with Gasteiger partial charge in [0.05, 0.1) is 36.0 Å². The molecule has 2 aromatic heterocycles. The Hall–Kier alpha value is -6.42. The average molecular weight is 835 g/mol.